The van der Waals surface area contributed by atoms with E-state index in [4.69, 9.17) is 16.5 Å². The fourth-order valence-corrected chi connectivity index (χ4v) is 4.61. The lowest BCUT2D eigenvalue weighted by molar-refractivity contribution is 0.246. The molecule has 5 rings (SSSR count). The van der Waals surface area contributed by atoms with Crippen LogP contribution in [0.25, 0.3) is 27.2 Å². The van der Waals surface area contributed by atoms with Crippen molar-refractivity contribution in [2.24, 2.45) is 12.5 Å². The number of benzene rings is 1. The molecule has 0 amide bonds. The molecule has 3 aromatic rings. The number of nitrogens with zero attached hydrogens (tertiary/aromatic N) is 6. The predicted molar refractivity (Wildman–Crippen MR) is 117 cm³/mol. The standard InChI is InChI=1S/C23H25N7/c1-24-19-5-3-17(4-6-19)21-20(18-13-27-29(2)15-18)14-26-22(28-21)30-11-8-23(9-12-30)7-10-25-16-23/h3-6,13-15,25H,7-12,16H2,2H3. The van der Waals surface area contributed by atoms with Crippen molar-refractivity contribution in [2.45, 2.75) is 19.3 Å². The van der Waals surface area contributed by atoms with Gasteiger partial charge in [-0.2, -0.15) is 5.10 Å². The molecule has 0 radical (unpaired) electrons. The summed E-state index contributed by atoms with van der Waals surface area (Å²) in [6.45, 7) is 11.5. The molecule has 1 aromatic carbocycles. The van der Waals surface area contributed by atoms with Crippen molar-refractivity contribution in [2.75, 3.05) is 31.1 Å². The van der Waals surface area contributed by atoms with Gasteiger partial charge in [0.05, 0.1) is 18.5 Å². The molecule has 0 bridgehead atoms. The number of rotatable bonds is 3. The highest BCUT2D eigenvalue weighted by Gasteiger charge is 2.37. The Morgan fingerprint density at radius 3 is 2.50 bits per heavy atom. The van der Waals surface area contributed by atoms with E-state index in [0.717, 1.165) is 54.5 Å². The molecule has 2 aliphatic rings. The lowest BCUT2D eigenvalue weighted by Gasteiger charge is -2.39. The van der Waals surface area contributed by atoms with Gasteiger partial charge in [0.25, 0.3) is 0 Å². The molecule has 1 spiro atoms. The van der Waals surface area contributed by atoms with Gasteiger partial charge in [-0.15, -0.1) is 0 Å². The number of anilines is 1. The molecule has 7 nitrogen and oxygen atoms in total. The van der Waals surface area contributed by atoms with Crippen LogP contribution in [-0.2, 0) is 7.05 Å². The first-order valence-electron chi connectivity index (χ1n) is 10.5. The average molecular weight is 400 g/mol. The summed E-state index contributed by atoms with van der Waals surface area (Å²) in [7, 11) is 1.91. The van der Waals surface area contributed by atoms with Crippen LogP contribution >= 0.6 is 0 Å². The van der Waals surface area contributed by atoms with Gasteiger partial charge in [-0.3, -0.25) is 4.68 Å². The zero-order valence-electron chi connectivity index (χ0n) is 17.2. The van der Waals surface area contributed by atoms with E-state index in [1.807, 2.05) is 49.9 Å². The number of aryl methyl sites for hydroxylation is 1. The molecule has 30 heavy (non-hydrogen) atoms. The highest BCUT2D eigenvalue weighted by Crippen LogP contribution is 2.38. The van der Waals surface area contributed by atoms with Gasteiger partial charge >= 0.3 is 0 Å². The van der Waals surface area contributed by atoms with E-state index in [2.05, 4.69) is 20.2 Å². The van der Waals surface area contributed by atoms with E-state index in [9.17, 15) is 0 Å². The minimum atomic E-state index is 0.463. The second-order valence-corrected chi connectivity index (χ2v) is 8.41. The van der Waals surface area contributed by atoms with E-state index < -0.39 is 0 Å². The molecule has 2 fully saturated rings. The van der Waals surface area contributed by atoms with Crippen LogP contribution in [0.3, 0.4) is 0 Å². The summed E-state index contributed by atoms with van der Waals surface area (Å²) in [6.07, 6.45) is 9.38. The molecule has 1 N–H and O–H groups in total. The Hall–Kier alpha value is -3.24. The maximum Gasteiger partial charge on any atom is 0.225 e. The van der Waals surface area contributed by atoms with Crippen LogP contribution in [0, 0.1) is 12.0 Å². The van der Waals surface area contributed by atoms with Crippen LogP contribution in [0.15, 0.2) is 42.9 Å². The van der Waals surface area contributed by atoms with Crippen molar-refractivity contribution in [1.82, 2.24) is 25.1 Å². The summed E-state index contributed by atoms with van der Waals surface area (Å²) in [5, 5.41) is 7.84. The molecule has 0 saturated carbocycles. The first-order chi connectivity index (χ1) is 14.7. The predicted octanol–water partition coefficient (Wildman–Crippen LogP) is 3.67. The monoisotopic (exact) mass is 399 g/mol. The van der Waals surface area contributed by atoms with Crippen molar-refractivity contribution in [3.05, 3.63) is 54.3 Å². The summed E-state index contributed by atoms with van der Waals surface area (Å²) >= 11 is 0. The summed E-state index contributed by atoms with van der Waals surface area (Å²) in [5.41, 5.74) is 4.90. The van der Waals surface area contributed by atoms with Crippen molar-refractivity contribution in [3.8, 4) is 22.4 Å². The van der Waals surface area contributed by atoms with E-state index in [1.165, 1.54) is 19.3 Å². The fraction of sp³-hybridized carbons (Fsp3) is 0.391. The zero-order chi connectivity index (χ0) is 20.6. The van der Waals surface area contributed by atoms with Gasteiger partial charge in [-0.1, -0.05) is 24.3 Å². The van der Waals surface area contributed by atoms with E-state index in [1.54, 1.807) is 4.68 Å². The minimum absolute atomic E-state index is 0.463. The maximum atomic E-state index is 7.21. The lowest BCUT2D eigenvalue weighted by atomic mass is 9.78. The van der Waals surface area contributed by atoms with Crippen LogP contribution in [0.4, 0.5) is 11.6 Å². The van der Waals surface area contributed by atoms with Gasteiger partial charge in [0.2, 0.25) is 5.95 Å². The molecular formula is C23H25N7. The molecular weight excluding hydrogens is 374 g/mol. The zero-order valence-corrected chi connectivity index (χ0v) is 17.2. The molecule has 2 saturated heterocycles. The van der Waals surface area contributed by atoms with Crippen molar-refractivity contribution >= 4 is 11.6 Å². The van der Waals surface area contributed by atoms with Gasteiger partial charge in [0, 0.05) is 50.2 Å². The third kappa shape index (κ3) is 3.44. The number of aromatic nitrogens is 4. The number of hydrogen-bond acceptors (Lipinski definition) is 5. The first-order valence-corrected chi connectivity index (χ1v) is 10.5. The second kappa shape index (κ2) is 7.54. The van der Waals surface area contributed by atoms with E-state index in [0.29, 0.717) is 11.1 Å². The van der Waals surface area contributed by atoms with Gasteiger partial charge in [-0.05, 0) is 36.8 Å². The number of piperidine rings is 1. The average Bonchev–Trinajstić information content (AvgIpc) is 3.43. The SMILES string of the molecule is [C-]#[N+]c1ccc(-c2nc(N3CCC4(CCNC4)CC3)ncc2-c2cnn(C)c2)cc1. The summed E-state index contributed by atoms with van der Waals surface area (Å²) in [6, 6.07) is 7.62. The second-order valence-electron chi connectivity index (χ2n) is 8.41. The Balaban J connectivity index is 1.50. The lowest BCUT2D eigenvalue weighted by Crippen LogP contribution is -2.42. The smallest absolute Gasteiger partial charge is 0.225 e. The van der Waals surface area contributed by atoms with Gasteiger partial charge in [-0.25, -0.2) is 14.8 Å². The fourth-order valence-electron chi connectivity index (χ4n) is 4.61. The van der Waals surface area contributed by atoms with Crippen molar-refractivity contribution in [1.29, 1.82) is 0 Å². The normalized spacial score (nSPS) is 17.9. The maximum absolute atomic E-state index is 7.21. The summed E-state index contributed by atoms with van der Waals surface area (Å²) in [5.74, 6) is 0.785. The molecule has 2 aromatic heterocycles. The van der Waals surface area contributed by atoms with Crippen LogP contribution < -0.4 is 10.2 Å². The largest absolute Gasteiger partial charge is 0.341 e. The third-order valence-electron chi connectivity index (χ3n) is 6.50. The Labute approximate surface area is 176 Å². The van der Waals surface area contributed by atoms with Crippen LogP contribution in [0.5, 0.6) is 0 Å². The molecule has 4 heterocycles. The van der Waals surface area contributed by atoms with E-state index in [-0.39, 0.29) is 0 Å². The van der Waals surface area contributed by atoms with Gasteiger partial charge < -0.3 is 10.2 Å². The number of nitrogens with one attached hydrogen (secondary N) is 1. The highest BCUT2D eigenvalue weighted by atomic mass is 15.3. The molecule has 0 aliphatic carbocycles. The molecule has 7 heteroatoms. The molecule has 0 unspecified atom stereocenters. The Kier molecular flexibility index (Phi) is 4.72. The Morgan fingerprint density at radius 2 is 1.87 bits per heavy atom. The van der Waals surface area contributed by atoms with Crippen molar-refractivity contribution in [3.63, 3.8) is 0 Å². The van der Waals surface area contributed by atoms with E-state index >= 15 is 0 Å². The van der Waals surface area contributed by atoms with Gasteiger partial charge in [0.1, 0.15) is 0 Å². The molecule has 2 aliphatic heterocycles. The van der Waals surface area contributed by atoms with Crippen LogP contribution in [0.2, 0.25) is 0 Å². The molecule has 152 valence electrons. The molecule has 0 atom stereocenters. The van der Waals surface area contributed by atoms with Gasteiger partial charge in [0.15, 0.2) is 5.69 Å². The van der Waals surface area contributed by atoms with Crippen LogP contribution in [0.1, 0.15) is 19.3 Å². The number of hydrogen-bond donors (Lipinski definition) is 1. The Morgan fingerprint density at radius 1 is 1.07 bits per heavy atom. The quantitative estimate of drug-likeness (QED) is 0.681. The highest BCUT2D eigenvalue weighted by molar-refractivity contribution is 5.81. The van der Waals surface area contributed by atoms with Crippen LogP contribution in [-0.4, -0.2) is 45.9 Å². The minimum Gasteiger partial charge on any atom is -0.341 e. The summed E-state index contributed by atoms with van der Waals surface area (Å²) in [4.78, 5) is 15.6. The Bertz CT molecular complexity index is 1080. The topological polar surface area (TPSA) is 63.2 Å². The van der Waals surface area contributed by atoms with Crippen molar-refractivity contribution < 1.29 is 0 Å². The first kappa shape index (κ1) is 18.8. The summed E-state index contributed by atoms with van der Waals surface area (Å²) < 4.78 is 1.79. The third-order valence-corrected chi connectivity index (χ3v) is 6.50.